The molecular weight excluding hydrogens is 278 g/mol. The predicted molar refractivity (Wildman–Crippen MR) is 85.4 cm³/mol. The summed E-state index contributed by atoms with van der Waals surface area (Å²) in [4.78, 5) is 4.64. The van der Waals surface area contributed by atoms with Crippen LogP contribution in [0, 0.1) is 6.92 Å². The van der Waals surface area contributed by atoms with Crippen molar-refractivity contribution < 1.29 is 9.47 Å². The Hall–Kier alpha value is -2.69. The third kappa shape index (κ3) is 2.15. The summed E-state index contributed by atoms with van der Waals surface area (Å²) in [6.45, 7) is 3.94. The molecule has 2 heterocycles. The van der Waals surface area contributed by atoms with Gasteiger partial charge in [-0.2, -0.15) is 0 Å². The Labute approximate surface area is 128 Å². The molecule has 112 valence electrons. The molecule has 0 bridgehead atoms. The summed E-state index contributed by atoms with van der Waals surface area (Å²) in [6.07, 6.45) is 0. The zero-order chi connectivity index (χ0) is 15.1. The monoisotopic (exact) mass is 295 g/mol. The SMILES string of the molecule is Cc1nc2cc3c(cc2n1Cc1ccc(N)cc1)OCCO3. The number of anilines is 1. The highest BCUT2D eigenvalue weighted by atomic mass is 16.6. The molecule has 0 unspecified atom stereocenters. The first-order valence-corrected chi connectivity index (χ1v) is 7.31. The number of hydrogen-bond donors (Lipinski definition) is 1. The molecule has 1 aliphatic rings. The normalized spacial score (nSPS) is 13.5. The predicted octanol–water partition coefficient (Wildman–Crippen LogP) is 2.75. The van der Waals surface area contributed by atoms with Crippen LogP contribution in [-0.2, 0) is 6.54 Å². The zero-order valence-electron chi connectivity index (χ0n) is 12.4. The first-order chi connectivity index (χ1) is 10.7. The fourth-order valence-corrected chi connectivity index (χ4v) is 2.79. The van der Waals surface area contributed by atoms with Crippen molar-refractivity contribution in [2.75, 3.05) is 18.9 Å². The average Bonchev–Trinajstić information content (AvgIpc) is 2.82. The summed E-state index contributed by atoms with van der Waals surface area (Å²) in [5.41, 5.74) is 9.69. The molecule has 0 saturated carbocycles. The van der Waals surface area contributed by atoms with Gasteiger partial charge in [0.25, 0.3) is 0 Å². The first-order valence-electron chi connectivity index (χ1n) is 7.31. The molecule has 2 N–H and O–H groups in total. The van der Waals surface area contributed by atoms with Gasteiger partial charge >= 0.3 is 0 Å². The number of nitrogens with zero attached hydrogens (tertiary/aromatic N) is 2. The maximum absolute atomic E-state index is 5.75. The van der Waals surface area contributed by atoms with Crippen molar-refractivity contribution in [1.82, 2.24) is 9.55 Å². The average molecular weight is 295 g/mol. The molecule has 2 aromatic carbocycles. The summed E-state index contributed by atoms with van der Waals surface area (Å²) in [5.74, 6) is 2.53. The van der Waals surface area contributed by atoms with Gasteiger partial charge in [-0.1, -0.05) is 12.1 Å². The lowest BCUT2D eigenvalue weighted by molar-refractivity contribution is 0.172. The molecule has 0 fully saturated rings. The van der Waals surface area contributed by atoms with Gasteiger partial charge in [0.1, 0.15) is 19.0 Å². The second-order valence-electron chi connectivity index (χ2n) is 5.47. The van der Waals surface area contributed by atoms with Gasteiger partial charge in [-0.15, -0.1) is 0 Å². The van der Waals surface area contributed by atoms with Crippen LogP contribution < -0.4 is 15.2 Å². The van der Waals surface area contributed by atoms with E-state index < -0.39 is 0 Å². The van der Waals surface area contributed by atoms with Crippen LogP contribution in [0.25, 0.3) is 11.0 Å². The molecule has 5 heteroatoms. The summed E-state index contributed by atoms with van der Waals surface area (Å²) in [7, 11) is 0. The maximum Gasteiger partial charge on any atom is 0.163 e. The van der Waals surface area contributed by atoms with Gasteiger partial charge in [-0.25, -0.2) is 4.98 Å². The van der Waals surface area contributed by atoms with E-state index in [4.69, 9.17) is 15.2 Å². The van der Waals surface area contributed by atoms with Crippen LogP contribution >= 0.6 is 0 Å². The minimum Gasteiger partial charge on any atom is -0.486 e. The molecule has 0 amide bonds. The van der Waals surface area contributed by atoms with Crippen molar-refractivity contribution in [3.05, 3.63) is 47.8 Å². The number of ether oxygens (including phenoxy) is 2. The van der Waals surface area contributed by atoms with Crippen molar-refractivity contribution >= 4 is 16.7 Å². The number of hydrogen-bond acceptors (Lipinski definition) is 4. The van der Waals surface area contributed by atoms with E-state index in [-0.39, 0.29) is 0 Å². The van der Waals surface area contributed by atoms with Crippen molar-refractivity contribution in [2.45, 2.75) is 13.5 Å². The van der Waals surface area contributed by atoms with E-state index in [2.05, 4.69) is 9.55 Å². The molecule has 1 aliphatic heterocycles. The fraction of sp³-hybridized carbons (Fsp3) is 0.235. The van der Waals surface area contributed by atoms with Crippen LogP contribution in [0.3, 0.4) is 0 Å². The summed E-state index contributed by atoms with van der Waals surface area (Å²) < 4.78 is 13.5. The second-order valence-corrected chi connectivity index (χ2v) is 5.47. The Morgan fingerprint density at radius 1 is 1.09 bits per heavy atom. The number of rotatable bonds is 2. The Kier molecular flexibility index (Phi) is 2.92. The lowest BCUT2D eigenvalue weighted by Crippen LogP contribution is -2.15. The summed E-state index contributed by atoms with van der Waals surface area (Å²) in [5, 5.41) is 0. The minimum atomic E-state index is 0.587. The van der Waals surface area contributed by atoms with E-state index in [1.54, 1.807) is 0 Å². The van der Waals surface area contributed by atoms with Gasteiger partial charge in [0.2, 0.25) is 0 Å². The zero-order valence-corrected chi connectivity index (χ0v) is 12.4. The van der Waals surface area contributed by atoms with Gasteiger partial charge in [0, 0.05) is 24.4 Å². The molecule has 0 atom stereocenters. The van der Waals surface area contributed by atoms with E-state index in [0.717, 1.165) is 40.6 Å². The molecule has 4 rings (SSSR count). The third-order valence-electron chi connectivity index (χ3n) is 3.92. The number of fused-ring (bicyclic) bond motifs is 2. The van der Waals surface area contributed by atoms with Gasteiger partial charge in [-0.3, -0.25) is 0 Å². The van der Waals surface area contributed by atoms with Crippen molar-refractivity contribution in [3.8, 4) is 11.5 Å². The van der Waals surface area contributed by atoms with Crippen molar-refractivity contribution in [2.24, 2.45) is 0 Å². The number of benzene rings is 2. The second kappa shape index (κ2) is 4.94. The largest absolute Gasteiger partial charge is 0.486 e. The first kappa shape index (κ1) is 13.0. The van der Waals surface area contributed by atoms with Gasteiger partial charge in [-0.05, 0) is 24.6 Å². The number of nitrogen functional groups attached to an aromatic ring is 1. The standard InChI is InChI=1S/C17H17N3O2/c1-11-19-14-8-16-17(22-7-6-21-16)9-15(14)20(11)10-12-2-4-13(18)5-3-12/h2-5,8-9H,6-7,10,18H2,1H3. The summed E-state index contributed by atoms with van der Waals surface area (Å²) >= 11 is 0. The van der Waals surface area contributed by atoms with E-state index >= 15 is 0 Å². The third-order valence-corrected chi connectivity index (χ3v) is 3.92. The summed E-state index contributed by atoms with van der Waals surface area (Å²) in [6, 6.07) is 11.9. The molecule has 5 nitrogen and oxygen atoms in total. The fourth-order valence-electron chi connectivity index (χ4n) is 2.79. The number of imidazole rings is 1. The Balaban J connectivity index is 1.79. The van der Waals surface area contributed by atoms with Crippen LogP contribution in [0.2, 0.25) is 0 Å². The smallest absolute Gasteiger partial charge is 0.163 e. The van der Waals surface area contributed by atoms with Gasteiger partial charge in [0.15, 0.2) is 11.5 Å². The highest BCUT2D eigenvalue weighted by Gasteiger charge is 2.16. The lowest BCUT2D eigenvalue weighted by Gasteiger charge is -2.18. The van der Waals surface area contributed by atoms with Crippen LogP contribution in [0.5, 0.6) is 11.5 Å². The number of nitrogens with two attached hydrogens (primary N) is 1. The topological polar surface area (TPSA) is 62.3 Å². The Morgan fingerprint density at radius 3 is 2.50 bits per heavy atom. The molecule has 0 radical (unpaired) electrons. The quantitative estimate of drug-likeness (QED) is 0.738. The Morgan fingerprint density at radius 2 is 1.77 bits per heavy atom. The van der Waals surface area contributed by atoms with Crippen LogP contribution in [0.1, 0.15) is 11.4 Å². The highest BCUT2D eigenvalue weighted by Crippen LogP contribution is 2.34. The molecule has 0 aliphatic carbocycles. The maximum atomic E-state index is 5.75. The van der Waals surface area contributed by atoms with Gasteiger partial charge in [0.05, 0.1) is 11.0 Å². The molecule has 0 saturated heterocycles. The van der Waals surface area contributed by atoms with Crippen molar-refractivity contribution in [1.29, 1.82) is 0 Å². The highest BCUT2D eigenvalue weighted by molar-refractivity contribution is 5.81. The van der Waals surface area contributed by atoms with Crippen molar-refractivity contribution in [3.63, 3.8) is 0 Å². The molecule has 0 spiro atoms. The van der Waals surface area contributed by atoms with E-state index in [1.165, 1.54) is 5.56 Å². The molecular formula is C17H17N3O2. The van der Waals surface area contributed by atoms with Gasteiger partial charge < -0.3 is 19.8 Å². The van der Waals surface area contributed by atoms with Crippen LogP contribution in [0.4, 0.5) is 5.69 Å². The van der Waals surface area contributed by atoms with E-state index in [0.29, 0.717) is 13.2 Å². The van der Waals surface area contributed by atoms with E-state index in [1.807, 2.05) is 43.3 Å². The number of aromatic nitrogens is 2. The Bertz CT molecular complexity index is 837. The van der Waals surface area contributed by atoms with E-state index in [9.17, 15) is 0 Å². The minimum absolute atomic E-state index is 0.587. The van der Waals surface area contributed by atoms with Crippen LogP contribution in [-0.4, -0.2) is 22.8 Å². The lowest BCUT2D eigenvalue weighted by atomic mass is 10.2. The number of aryl methyl sites for hydroxylation is 1. The molecule has 1 aromatic heterocycles. The molecule has 22 heavy (non-hydrogen) atoms. The van der Waals surface area contributed by atoms with Crippen LogP contribution in [0.15, 0.2) is 36.4 Å². The molecule has 3 aromatic rings.